The minimum atomic E-state index is 0. The van der Waals surface area contributed by atoms with Crippen LogP contribution in [0.5, 0.6) is 0 Å². The Hall–Kier alpha value is -2.00. The van der Waals surface area contributed by atoms with Crippen LogP contribution in [-0.4, -0.2) is 5.78 Å². The summed E-state index contributed by atoms with van der Waals surface area (Å²) in [4.78, 5) is 11.8. The maximum absolute atomic E-state index is 11.8. The fourth-order valence-corrected chi connectivity index (χ4v) is 1.42. The van der Waals surface area contributed by atoms with Crippen LogP contribution in [0.1, 0.15) is 10.4 Å². The Morgan fingerprint density at radius 2 is 1.50 bits per heavy atom. The quantitative estimate of drug-likeness (QED) is 0.629. The zero-order valence-corrected chi connectivity index (χ0v) is 9.04. The van der Waals surface area contributed by atoms with E-state index in [0.29, 0.717) is 6.54 Å². The molecule has 0 unspecified atom stereocenters. The summed E-state index contributed by atoms with van der Waals surface area (Å²) in [6.07, 6.45) is 3.78. The number of hydrogen-bond acceptors (Lipinski definition) is 2. The van der Waals surface area contributed by atoms with E-state index in [9.17, 15) is 4.79 Å². The van der Waals surface area contributed by atoms with Crippen LogP contribution in [0, 0.1) is 0 Å². The molecule has 82 valence electrons. The maximum atomic E-state index is 11.8. The van der Waals surface area contributed by atoms with E-state index in [4.69, 9.17) is 0 Å². The van der Waals surface area contributed by atoms with Crippen molar-refractivity contribution in [3.8, 4) is 0 Å². The molecule has 1 aromatic heterocycles. The summed E-state index contributed by atoms with van der Waals surface area (Å²) in [5.74, 6) is 0.131. The highest BCUT2D eigenvalue weighted by atomic mass is 16.1. The van der Waals surface area contributed by atoms with E-state index < -0.39 is 0 Å². The molecule has 0 saturated heterocycles. The molecule has 1 aromatic carbocycles. The Balaban J connectivity index is 0.00000128. The first-order valence-electron chi connectivity index (χ1n) is 4.88. The van der Waals surface area contributed by atoms with Gasteiger partial charge in [0.25, 0.3) is 0 Å². The molecule has 0 spiro atoms. The van der Waals surface area contributed by atoms with E-state index in [1.165, 1.54) is 0 Å². The maximum Gasteiger partial charge on any atom is 0.227 e. The van der Waals surface area contributed by atoms with Gasteiger partial charge >= 0.3 is 0 Å². The number of rotatable bonds is 3. The second-order valence-electron chi connectivity index (χ2n) is 3.34. The van der Waals surface area contributed by atoms with Gasteiger partial charge in [-0.05, 0) is 0 Å². The van der Waals surface area contributed by atoms with Gasteiger partial charge in [0.05, 0.1) is 0 Å². The van der Waals surface area contributed by atoms with Crippen molar-refractivity contribution in [1.29, 1.82) is 0 Å². The van der Waals surface area contributed by atoms with Crippen molar-refractivity contribution in [3.63, 3.8) is 0 Å². The fourth-order valence-electron chi connectivity index (χ4n) is 1.42. The highest BCUT2D eigenvalue weighted by Gasteiger charge is 2.10. The Bertz CT molecular complexity index is 440. The molecule has 2 aromatic rings. The summed E-state index contributed by atoms with van der Waals surface area (Å²) in [7, 11) is 0. The van der Waals surface area contributed by atoms with Crippen LogP contribution in [0.3, 0.4) is 0 Å². The lowest BCUT2D eigenvalue weighted by Gasteiger charge is -1.96. The summed E-state index contributed by atoms with van der Waals surface area (Å²) < 4.78 is 1.87. The number of hydrogen-bond donors (Lipinski definition) is 1. The smallest absolute Gasteiger partial charge is 0.227 e. The second-order valence-corrected chi connectivity index (χ2v) is 3.34. The van der Waals surface area contributed by atoms with Crippen molar-refractivity contribution in [2.45, 2.75) is 6.54 Å². The lowest BCUT2D eigenvalue weighted by atomic mass is 10.1. The van der Waals surface area contributed by atoms with Gasteiger partial charge in [-0.15, -0.1) is 0 Å². The van der Waals surface area contributed by atoms with Crippen LogP contribution in [0.2, 0.25) is 0 Å². The zero-order valence-electron chi connectivity index (χ0n) is 9.04. The van der Waals surface area contributed by atoms with E-state index in [2.05, 4.69) is 0 Å². The van der Waals surface area contributed by atoms with E-state index in [-0.39, 0.29) is 11.9 Å². The van der Waals surface area contributed by atoms with Crippen molar-refractivity contribution < 1.29 is 9.36 Å². The van der Waals surface area contributed by atoms with Gasteiger partial charge in [0, 0.05) is 17.7 Å². The molecule has 16 heavy (non-hydrogen) atoms. The van der Waals surface area contributed by atoms with Crippen LogP contribution in [0.4, 0.5) is 0 Å². The number of ketones is 1. The van der Waals surface area contributed by atoms with Gasteiger partial charge in [0.2, 0.25) is 12.3 Å². The molecule has 3 heteroatoms. The molecular weight excluding hydrogens is 200 g/mol. The average Bonchev–Trinajstić information content (AvgIpc) is 2.31. The third kappa shape index (κ3) is 3.00. The molecule has 0 fully saturated rings. The minimum absolute atomic E-state index is 0. The molecule has 1 heterocycles. The average molecular weight is 215 g/mol. The highest BCUT2D eigenvalue weighted by Crippen LogP contribution is 1.99. The van der Waals surface area contributed by atoms with Crippen molar-refractivity contribution in [2.75, 3.05) is 0 Å². The van der Waals surface area contributed by atoms with Crippen molar-refractivity contribution in [3.05, 3.63) is 66.5 Å². The fraction of sp³-hybridized carbons (Fsp3) is 0.0769. The third-order valence-electron chi connectivity index (χ3n) is 2.20. The summed E-state index contributed by atoms with van der Waals surface area (Å²) in [5, 5.41) is 0. The minimum Gasteiger partial charge on any atom is -0.344 e. The molecule has 0 saturated carbocycles. The molecule has 3 N–H and O–H groups in total. The first-order valence-corrected chi connectivity index (χ1v) is 4.88. The van der Waals surface area contributed by atoms with E-state index >= 15 is 0 Å². The Labute approximate surface area is 94.9 Å². The lowest BCUT2D eigenvalue weighted by molar-refractivity contribution is -0.683. The first-order chi connectivity index (χ1) is 7.36. The number of aromatic nitrogens is 1. The number of benzene rings is 1. The number of nitrogens with zero attached hydrogens (tertiary/aromatic N) is 1. The lowest BCUT2D eigenvalue weighted by Crippen LogP contribution is -2.36. The van der Waals surface area contributed by atoms with Gasteiger partial charge in [-0.3, -0.25) is 4.79 Å². The molecule has 3 nitrogen and oxygen atoms in total. The van der Waals surface area contributed by atoms with Gasteiger partial charge in [0.15, 0.2) is 12.4 Å². The number of carbonyl (C=O) groups is 1. The molecule has 0 amide bonds. The summed E-state index contributed by atoms with van der Waals surface area (Å²) >= 11 is 0. The third-order valence-corrected chi connectivity index (χ3v) is 2.20. The molecule has 2 rings (SSSR count). The number of carbonyl (C=O) groups excluding carboxylic acids is 1. The molecule has 0 aliphatic rings. The van der Waals surface area contributed by atoms with Crippen molar-refractivity contribution in [2.24, 2.45) is 0 Å². The molecule has 0 atom stereocenters. The van der Waals surface area contributed by atoms with E-state index in [0.717, 1.165) is 5.56 Å². The van der Waals surface area contributed by atoms with Crippen molar-refractivity contribution >= 4 is 5.78 Å². The predicted molar refractivity (Wildman–Crippen MR) is 62.4 cm³/mol. The van der Waals surface area contributed by atoms with Gasteiger partial charge in [-0.2, -0.15) is 4.57 Å². The topological polar surface area (TPSA) is 56.0 Å². The molecule has 0 aliphatic heterocycles. The molecule has 0 radical (unpaired) electrons. The normalized spacial score (nSPS) is 9.25. The van der Waals surface area contributed by atoms with Gasteiger partial charge in [-0.25, -0.2) is 0 Å². The molecule has 0 aliphatic carbocycles. The zero-order chi connectivity index (χ0) is 10.5. The Morgan fingerprint density at radius 3 is 2.12 bits per heavy atom. The standard InChI is InChI=1S/C13H12NO.H3N/c15-13(12-7-3-1-4-8-12)11-14-9-5-2-6-10-14;/h1-10H,11H2;1H3/q+1;. The molecular formula is C13H15N2O+. The number of Topliss-reactive ketones (excluding diaryl/α,β-unsaturated/α-hetero) is 1. The SMILES string of the molecule is N.O=C(C[n+]1ccccc1)c1ccccc1. The van der Waals surface area contributed by atoms with Crippen molar-refractivity contribution in [1.82, 2.24) is 6.15 Å². The van der Waals surface area contributed by atoms with Crippen LogP contribution >= 0.6 is 0 Å². The monoisotopic (exact) mass is 215 g/mol. The van der Waals surface area contributed by atoms with Crippen LogP contribution < -0.4 is 10.7 Å². The summed E-state index contributed by atoms with van der Waals surface area (Å²) in [5.41, 5.74) is 0.758. The highest BCUT2D eigenvalue weighted by molar-refractivity contribution is 5.94. The Morgan fingerprint density at radius 1 is 0.938 bits per heavy atom. The summed E-state index contributed by atoms with van der Waals surface area (Å²) in [6.45, 7) is 0.394. The van der Waals surface area contributed by atoms with Crippen LogP contribution in [0.15, 0.2) is 60.9 Å². The molecule has 0 bridgehead atoms. The van der Waals surface area contributed by atoms with E-state index in [1.807, 2.05) is 65.5 Å². The number of pyridine rings is 1. The van der Waals surface area contributed by atoms with Gasteiger partial charge < -0.3 is 6.15 Å². The largest absolute Gasteiger partial charge is 0.344 e. The van der Waals surface area contributed by atoms with Gasteiger partial charge in [0.1, 0.15) is 0 Å². The first kappa shape index (κ1) is 12.1. The summed E-state index contributed by atoms with van der Waals surface area (Å²) in [6, 6.07) is 15.1. The second kappa shape index (κ2) is 5.78. The predicted octanol–water partition coefficient (Wildman–Crippen LogP) is 2.02. The van der Waals surface area contributed by atoms with Crippen LogP contribution in [0.25, 0.3) is 0 Å². The Kier molecular flexibility index (Phi) is 4.36. The van der Waals surface area contributed by atoms with Gasteiger partial charge in [-0.1, -0.05) is 36.4 Å². The van der Waals surface area contributed by atoms with Crippen LogP contribution in [-0.2, 0) is 6.54 Å². The van der Waals surface area contributed by atoms with E-state index in [1.54, 1.807) is 0 Å².